The Morgan fingerprint density at radius 3 is 2.45 bits per heavy atom. The number of methoxy groups -OCH3 is 2. The van der Waals surface area contributed by atoms with Crippen molar-refractivity contribution in [3.63, 3.8) is 0 Å². The Balaban J connectivity index is 1.56. The molecular weight excluding hydrogens is 534 g/mol. The maximum Gasteiger partial charge on any atom is 0.290 e. The van der Waals surface area contributed by atoms with Crippen LogP contribution in [0.25, 0.3) is 11.0 Å². The number of carbonyl (C=O) groups excluding carboxylic acids is 2. The van der Waals surface area contributed by atoms with Gasteiger partial charge in [-0.05, 0) is 41.8 Å². The van der Waals surface area contributed by atoms with Crippen LogP contribution in [0.15, 0.2) is 82.5 Å². The van der Waals surface area contributed by atoms with Gasteiger partial charge in [0.15, 0.2) is 34.4 Å². The van der Waals surface area contributed by atoms with Crippen LogP contribution in [-0.4, -0.2) is 42.5 Å². The molecule has 1 atom stereocenters. The van der Waals surface area contributed by atoms with Gasteiger partial charge in [-0.1, -0.05) is 54.9 Å². The molecule has 0 fully saturated rings. The van der Waals surface area contributed by atoms with E-state index >= 15 is 0 Å². The first-order chi connectivity index (χ1) is 19.4. The van der Waals surface area contributed by atoms with Gasteiger partial charge in [0.05, 0.1) is 25.8 Å². The molecule has 9 heteroatoms. The van der Waals surface area contributed by atoms with Gasteiger partial charge in [-0.15, -0.1) is 0 Å². The molecule has 0 aliphatic carbocycles. The number of hydrogen-bond acceptors (Lipinski definition) is 7. The number of nitrogens with zero attached hydrogens (tertiary/aromatic N) is 1. The third-order valence-electron chi connectivity index (χ3n) is 6.74. The Kier molecular flexibility index (Phi) is 7.71. The smallest absolute Gasteiger partial charge is 0.290 e. The highest BCUT2D eigenvalue weighted by Crippen LogP contribution is 2.43. The highest BCUT2D eigenvalue weighted by Gasteiger charge is 2.44. The van der Waals surface area contributed by atoms with E-state index in [1.165, 1.54) is 25.2 Å². The number of aliphatic hydroxyl groups is 1. The second kappa shape index (κ2) is 11.4. The molecule has 1 aromatic heterocycles. The largest absolute Gasteiger partial charge is 0.503 e. The highest BCUT2D eigenvalue weighted by molar-refractivity contribution is 6.31. The molecule has 1 aliphatic rings. The van der Waals surface area contributed by atoms with Gasteiger partial charge in [0.25, 0.3) is 5.91 Å². The molecule has 0 spiro atoms. The van der Waals surface area contributed by atoms with Gasteiger partial charge < -0.3 is 28.6 Å². The molecule has 1 N–H and O–H groups in total. The normalized spacial score (nSPS) is 15.2. The summed E-state index contributed by atoms with van der Waals surface area (Å²) in [6.45, 7) is 2.53. The summed E-state index contributed by atoms with van der Waals surface area (Å²) in [5.74, 6) is -0.621. The molecule has 0 saturated heterocycles. The van der Waals surface area contributed by atoms with Crippen molar-refractivity contribution in [2.24, 2.45) is 0 Å². The van der Waals surface area contributed by atoms with Crippen molar-refractivity contribution in [3.8, 4) is 17.2 Å². The van der Waals surface area contributed by atoms with Crippen molar-refractivity contribution in [2.45, 2.75) is 26.0 Å². The zero-order valence-corrected chi connectivity index (χ0v) is 23.0. The van der Waals surface area contributed by atoms with Crippen LogP contribution < -0.4 is 14.2 Å². The Bertz CT molecular complexity index is 1610. The number of halogens is 1. The van der Waals surface area contributed by atoms with E-state index in [1.54, 1.807) is 30.3 Å². The Labute approximate surface area is 236 Å². The lowest BCUT2D eigenvalue weighted by molar-refractivity contribution is -0.129. The summed E-state index contributed by atoms with van der Waals surface area (Å²) >= 11 is 6.19. The molecule has 4 aromatic rings. The van der Waals surface area contributed by atoms with Crippen molar-refractivity contribution < 1.29 is 33.3 Å². The van der Waals surface area contributed by atoms with Gasteiger partial charge >= 0.3 is 0 Å². The molecule has 206 valence electrons. The number of ether oxygens (including phenoxy) is 3. The van der Waals surface area contributed by atoms with Crippen LogP contribution in [0.4, 0.5) is 0 Å². The number of amides is 1. The van der Waals surface area contributed by atoms with Crippen LogP contribution in [0.5, 0.6) is 17.2 Å². The number of fused-ring (bicyclic) bond motifs is 1. The quantitative estimate of drug-likeness (QED) is 0.216. The van der Waals surface area contributed by atoms with E-state index in [0.29, 0.717) is 58.4 Å². The summed E-state index contributed by atoms with van der Waals surface area (Å²) in [6.07, 6.45) is 0.616. The number of hydrogen-bond donors (Lipinski definition) is 1. The minimum Gasteiger partial charge on any atom is -0.503 e. The van der Waals surface area contributed by atoms with E-state index < -0.39 is 23.5 Å². The fourth-order valence-corrected chi connectivity index (χ4v) is 5.11. The first kappa shape index (κ1) is 27.1. The van der Waals surface area contributed by atoms with E-state index in [1.807, 2.05) is 37.3 Å². The number of furan rings is 1. The molecule has 2 heterocycles. The molecule has 1 amide bonds. The fourth-order valence-electron chi connectivity index (χ4n) is 4.90. The minimum atomic E-state index is -0.872. The van der Waals surface area contributed by atoms with Gasteiger partial charge in [-0.3, -0.25) is 9.59 Å². The molecule has 1 unspecified atom stereocenters. The third-order valence-corrected chi connectivity index (χ3v) is 6.96. The van der Waals surface area contributed by atoms with Crippen LogP contribution in [0.3, 0.4) is 0 Å². The molecule has 1 aliphatic heterocycles. The standard InChI is InChI=1S/C31H28ClNO7/c1-4-12-33-27(19-10-11-22(37-2)23(14-19)39-17-18-8-6-5-7-9-18)26(29(35)31(33)36)28(34)24-15-20-13-21(32)16-25(38-3)30(20)40-24/h5-11,13-16,27,35H,4,12,17H2,1-3H3. The average Bonchev–Trinajstić information content (AvgIpc) is 3.50. The topological polar surface area (TPSA) is 98.4 Å². The predicted octanol–water partition coefficient (Wildman–Crippen LogP) is 6.67. The summed E-state index contributed by atoms with van der Waals surface area (Å²) in [4.78, 5) is 28.6. The molecule has 8 nitrogen and oxygen atoms in total. The Morgan fingerprint density at radius 2 is 1.75 bits per heavy atom. The van der Waals surface area contributed by atoms with Gasteiger partial charge in [0.1, 0.15) is 6.61 Å². The summed E-state index contributed by atoms with van der Waals surface area (Å²) in [5.41, 5.74) is 1.80. The monoisotopic (exact) mass is 561 g/mol. The fraction of sp³-hybridized carbons (Fsp3) is 0.226. The number of Topliss-reactive ketones (excluding diaryl/α,β-unsaturated/α-hetero) is 1. The minimum absolute atomic E-state index is 0.0534. The lowest BCUT2D eigenvalue weighted by atomic mass is 9.94. The molecule has 40 heavy (non-hydrogen) atoms. The van der Waals surface area contributed by atoms with E-state index in [0.717, 1.165) is 5.56 Å². The zero-order chi connectivity index (χ0) is 28.4. The van der Waals surface area contributed by atoms with E-state index in [-0.39, 0.29) is 11.3 Å². The van der Waals surface area contributed by atoms with E-state index in [9.17, 15) is 14.7 Å². The Hall–Kier alpha value is -4.43. The number of rotatable bonds is 10. The van der Waals surface area contributed by atoms with Gasteiger partial charge in [0, 0.05) is 23.0 Å². The number of ketones is 1. The summed E-state index contributed by atoms with van der Waals surface area (Å²) < 4.78 is 22.8. The van der Waals surface area contributed by atoms with Crippen LogP contribution >= 0.6 is 11.6 Å². The molecule has 0 bridgehead atoms. The van der Waals surface area contributed by atoms with Gasteiger partial charge in [-0.25, -0.2) is 0 Å². The van der Waals surface area contributed by atoms with E-state index in [4.69, 9.17) is 30.2 Å². The van der Waals surface area contributed by atoms with Crippen LogP contribution in [-0.2, 0) is 11.4 Å². The average molecular weight is 562 g/mol. The maximum atomic E-state index is 13.9. The van der Waals surface area contributed by atoms with Gasteiger partial charge in [-0.2, -0.15) is 0 Å². The highest BCUT2D eigenvalue weighted by atomic mass is 35.5. The summed E-state index contributed by atoms with van der Waals surface area (Å²) in [5, 5.41) is 12.0. The van der Waals surface area contributed by atoms with Crippen molar-refractivity contribution in [2.75, 3.05) is 20.8 Å². The molecular formula is C31H28ClNO7. The van der Waals surface area contributed by atoms with Crippen molar-refractivity contribution >= 4 is 34.3 Å². The Morgan fingerprint density at radius 1 is 1.00 bits per heavy atom. The number of aliphatic hydroxyl groups excluding tert-OH is 1. The first-order valence-corrected chi connectivity index (χ1v) is 13.1. The number of benzene rings is 3. The van der Waals surface area contributed by atoms with Gasteiger partial charge in [0.2, 0.25) is 5.78 Å². The molecule has 0 saturated carbocycles. The lowest BCUT2D eigenvalue weighted by Gasteiger charge is -2.27. The molecule has 0 radical (unpaired) electrons. The van der Waals surface area contributed by atoms with Crippen molar-refractivity contribution in [3.05, 3.63) is 100.0 Å². The zero-order valence-electron chi connectivity index (χ0n) is 22.3. The summed E-state index contributed by atoms with van der Waals surface area (Å²) in [6, 6.07) is 18.7. The van der Waals surface area contributed by atoms with Crippen LogP contribution in [0.1, 0.15) is 41.1 Å². The first-order valence-electron chi connectivity index (χ1n) is 12.8. The molecule has 5 rings (SSSR count). The van der Waals surface area contributed by atoms with Crippen molar-refractivity contribution in [1.29, 1.82) is 0 Å². The predicted molar refractivity (Wildman–Crippen MR) is 150 cm³/mol. The van der Waals surface area contributed by atoms with Crippen molar-refractivity contribution in [1.82, 2.24) is 4.90 Å². The van der Waals surface area contributed by atoms with Crippen LogP contribution in [0, 0.1) is 0 Å². The lowest BCUT2D eigenvalue weighted by Crippen LogP contribution is -2.31. The maximum absolute atomic E-state index is 13.9. The summed E-state index contributed by atoms with van der Waals surface area (Å²) in [7, 11) is 3.01. The van der Waals surface area contributed by atoms with E-state index in [2.05, 4.69) is 0 Å². The SMILES string of the molecule is CCCN1C(=O)C(O)=C(C(=O)c2cc3cc(Cl)cc(OC)c3o2)C1c1ccc(OC)c(OCc2ccccc2)c1. The van der Waals surface area contributed by atoms with Crippen LogP contribution in [0.2, 0.25) is 5.02 Å². The second-order valence-corrected chi connectivity index (χ2v) is 9.75. The third kappa shape index (κ3) is 4.98. The molecule has 3 aromatic carbocycles. The number of carbonyl (C=O) groups is 2. The second-order valence-electron chi connectivity index (χ2n) is 9.31.